The predicted octanol–water partition coefficient (Wildman–Crippen LogP) is 1.39. The number of nitrogens with one attached hydrogen (secondary N) is 1. The van der Waals surface area contributed by atoms with E-state index in [-0.39, 0.29) is 6.03 Å². The Labute approximate surface area is 138 Å². The molecule has 23 heavy (non-hydrogen) atoms. The van der Waals surface area contributed by atoms with Crippen LogP contribution in [0.3, 0.4) is 0 Å². The lowest BCUT2D eigenvalue weighted by atomic mass is 10.1. The van der Waals surface area contributed by atoms with Gasteiger partial charge in [-0.2, -0.15) is 0 Å². The van der Waals surface area contributed by atoms with Gasteiger partial charge in [0.15, 0.2) is 0 Å². The minimum absolute atomic E-state index is 0.0778. The molecule has 0 saturated carbocycles. The molecule has 2 aliphatic heterocycles. The van der Waals surface area contributed by atoms with Crippen molar-refractivity contribution >= 4 is 17.4 Å². The van der Waals surface area contributed by atoms with Crippen LogP contribution in [0.4, 0.5) is 16.2 Å². The van der Waals surface area contributed by atoms with Gasteiger partial charge in [-0.25, -0.2) is 4.79 Å². The van der Waals surface area contributed by atoms with Gasteiger partial charge in [0, 0.05) is 50.6 Å². The Kier molecular flexibility index (Phi) is 5.03. The number of carbonyl (C=O) groups excluding carboxylic acids is 1. The minimum Gasteiger partial charge on any atom is -0.384 e. The molecule has 2 saturated heterocycles. The number of likely N-dealkylation sites (N-methyl/N-ethyl adjacent to an activating group) is 1. The number of anilines is 2. The molecular weight excluding hydrogens is 290 g/mol. The summed E-state index contributed by atoms with van der Waals surface area (Å²) in [5.41, 5.74) is 7.99. The van der Waals surface area contributed by atoms with E-state index >= 15 is 0 Å². The molecule has 3 N–H and O–H groups in total. The molecule has 0 unspecified atom stereocenters. The number of piperidine rings is 1. The van der Waals surface area contributed by atoms with Gasteiger partial charge in [-0.15, -0.1) is 0 Å². The van der Waals surface area contributed by atoms with E-state index in [4.69, 9.17) is 5.73 Å². The summed E-state index contributed by atoms with van der Waals surface area (Å²) in [7, 11) is 1.84. The molecule has 0 bridgehead atoms. The van der Waals surface area contributed by atoms with Gasteiger partial charge in [-0.05, 0) is 50.2 Å². The van der Waals surface area contributed by atoms with Gasteiger partial charge in [0.05, 0.1) is 0 Å². The molecule has 6 nitrogen and oxygen atoms in total. The summed E-state index contributed by atoms with van der Waals surface area (Å²) < 4.78 is 0. The third kappa shape index (κ3) is 3.95. The van der Waals surface area contributed by atoms with Gasteiger partial charge in [-0.3, -0.25) is 4.90 Å². The normalized spacial score (nSPS) is 20.3. The Balaban J connectivity index is 1.45. The first-order valence-corrected chi connectivity index (χ1v) is 8.48. The van der Waals surface area contributed by atoms with Crippen LogP contribution in [0, 0.1) is 0 Å². The summed E-state index contributed by atoms with van der Waals surface area (Å²) in [6, 6.07) is 8.59. The van der Waals surface area contributed by atoms with Crippen LogP contribution in [0.5, 0.6) is 0 Å². The van der Waals surface area contributed by atoms with E-state index in [1.165, 1.54) is 0 Å². The zero-order valence-electron chi connectivity index (χ0n) is 13.9. The van der Waals surface area contributed by atoms with Gasteiger partial charge in [0.25, 0.3) is 0 Å². The molecular formula is C17H27N5O. The summed E-state index contributed by atoms with van der Waals surface area (Å²) in [6.45, 7) is 5.74. The predicted molar refractivity (Wildman–Crippen MR) is 94.0 cm³/mol. The van der Waals surface area contributed by atoms with Crippen LogP contribution in [-0.4, -0.2) is 68.2 Å². The Bertz CT molecular complexity index is 524. The number of carbonyl (C=O) groups is 1. The van der Waals surface area contributed by atoms with Gasteiger partial charge < -0.3 is 20.9 Å². The number of likely N-dealkylation sites (tertiary alicyclic amines) is 1. The van der Waals surface area contributed by atoms with Gasteiger partial charge >= 0.3 is 6.03 Å². The molecule has 0 atom stereocenters. The van der Waals surface area contributed by atoms with Crippen LogP contribution in [0.25, 0.3) is 0 Å². The summed E-state index contributed by atoms with van der Waals surface area (Å²) in [6.07, 6.45) is 2.21. The molecule has 1 aromatic rings. The van der Waals surface area contributed by atoms with Crippen LogP contribution >= 0.6 is 0 Å². The second-order valence-electron chi connectivity index (χ2n) is 6.51. The summed E-state index contributed by atoms with van der Waals surface area (Å²) in [4.78, 5) is 18.0. The van der Waals surface area contributed by atoms with Crippen molar-refractivity contribution in [2.24, 2.45) is 5.73 Å². The average Bonchev–Trinajstić information content (AvgIpc) is 2.90. The summed E-state index contributed by atoms with van der Waals surface area (Å²) >= 11 is 0. The SMILES string of the molecule is CN1CCN(c2ccc(NCCN3CCC(N)CC3)cc2)C1=O. The fourth-order valence-electron chi connectivity index (χ4n) is 3.18. The van der Waals surface area contributed by atoms with Crippen molar-refractivity contribution in [3.8, 4) is 0 Å². The topological polar surface area (TPSA) is 64.8 Å². The number of nitrogens with two attached hydrogens (primary N) is 1. The lowest BCUT2D eigenvalue weighted by molar-refractivity contribution is 0.220. The van der Waals surface area contributed by atoms with E-state index < -0.39 is 0 Å². The van der Waals surface area contributed by atoms with Crippen molar-refractivity contribution in [1.29, 1.82) is 0 Å². The van der Waals surface area contributed by atoms with E-state index in [1.807, 2.05) is 36.2 Å². The van der Waals surface area contributed by atoms with E-state index in [0.29, 0.717) is 6.04 Å². The molecule has 0 radical (unpaired) electrons. The molecule has 1 aromatic carbocycles. The monoisotopic (exact) mass is 317 g/mol. The van der Waals surface area contributed by atoms with Crippen LogP contribution in [-0.2, 0) is 0 Å². The second-order valence-corrected chi connectivity index (χ2v) is 6.51. The molecule has 2 amide bonds. The molecule has 2 aliphatic rings. The van der Waals surface area contributed by atoms with Crippen molar-refractivity contribution in [1.82, 2.24) is 9.80 Å². The smallest absolute Gasteiger partial charge is 0.324 e. The number of amides is 2. The molecule has 0 spiro atoms. The van der Waals surface area contributed by atoms with Crippen LogP contribution < -0.4 is 16.0 Å². The highest BCUT2D eigenvalue weighted by Gasteiger charge is 2.26. The average molecular weight is 317 g/mol. The Hall–Kier alpha value is -1.79. The quantitative estimate of drug-likeness (QED) is 0.861. The maximum Gasteiger partial charge on any atom is 0.324 e. The van der Waals surface area contributed by atoms with Crippen LogP contribution in [0.1, 0.15) is 12.8 Å². The Morgan fingerprint density at radius 1 is 1.13 bits per heavy atom. The Morgan fingerprint density at radius 2 is 1.83 bits per heavy atom. The molecule has 3 rings (SSSR count). The number of hydrogen-bond donors (Lipinski definition) is 2. The van der Waals surface area contributed by atoms with Crippen molar-refractivity contribution in [2.45, 2.75) is 18.9 Å². The van der Waals surface area contributed by atoms with Gasteiger partial charge in [0.2, 0.25) is 0 Å². The second kappa shape index (κ2) is 7.19. The van der Waals surface area contributed by atoms with Crippen molar-refractivity contribution in [3.63, 3.8) is 0 Å². The first-order chi connectivity index (χ1) is 11.1. The van der Waals surface area contributed by atoms with Gasteiger partial charge in [-0.1, -0.05) is 0 Å². The molecule has 0 aliphatic carbocycles. The number of rotatable bonds is 5. The fraction of sp³-hybridized carbons (Fsp3) is 0.588. The number of benzene rings is 1. The first kappa shape index (κ1) is 16.1. The largest absolute Gasteiger partial charge is 0.384 e. The zero-order valence-corrected chi connectivity index (χ0v) is 13.9. The maximum absolute atomic E-state index is 12.0. The van der Waals surface area contributed by atoms with Crippen molar-refractivity contribution < 1.29 is 4.79 Å². The fourth-order valence-corrected chi connectivity index (χ4v) is 3.18. The molecule has 126 valence electrons. The summed E-state index contributed by atoms with van der Waals surface area (Å²) in [5, 5.41) is 3.45. The first-order valence-electron chi connectivity index (χ1n) is 8.48. The zero-order chi connectivity index (χ0) is 16.2. The minimum atomic E-state index is 0.0778. The molecule has 2 heterocycles. The van der Waals surface area contributed by atoms with E-state index in [2.05, 4.69) is 10.2 Å². The lowest BCUT2D eigenvalue weighted by Gasteiger charge is -2.30. The molecule has 6 heteroatoms. The standard InChI is InChI=1S/C17H27N5O/c1-20-12-13-22(17(20)23)16-4-2-15(3-5-16)19-8-11-21-9-6-14(18)7-10-21/h2-5,14,19H,6-13,18H2,1H3. The summed E-state index contributed by atoms with van der Waals surface area (Å²) in [5.74, 6) is 0. The highest BCUT2D eigenvalue weighted by atomic mass is 16.2. The Morgan fingerprint density at radius 3 is 2.43 bits per heavy atom. The van der Waals surface area contributed by atoms with E-state index in [0.717, 1.165) is 63.5 Å². The highest BCUT2D eigenvalue weighted by Crippen LogP contribution is 2.21. The van der Waals surface area contributed by atoms with Crippen molar-refractivity contribution in [3.05, 3.63) is 24.3 Å². The number of nitrogens with zero attached hydrogens (tertiary/aromatic N) is 3. The van der Waals surface area contributed by atoms with Gasteiger partial charge in [0.1, 0.15) is 0 Å². The van der Waals surface area contributed by atoms with Crippen LogP contribution in [0.15, 0.2) is 24.3 Å². The number of urea groups is 1. The highest BCUT2D eigenvalue weighted by molar-refractivity contribution is 5.94. The molecule has 0 aromatic heterocycles. The van der Waals surface area contributed by atoms with Crippen molar-refractivity contribution in [2.75, 3.05) is 56.5 Å². The molecule has 2 fully saturated rings. The number of hydrogen-bond acceptors (Lipinski definition) is 4. The van der Waals surface area contributed by atoms with E-state index in [9.17, 15) is 4.79 Å². The third-order valence-electron chi connectivity index (χ3n) is 4.78. The third-order valence-corrected chi connectivity index (χ3v) is 4.78. The lowest BCUT2D eigenvalue weighted by Crippen LogP contribution is -2.41. The maximum atomic E-state index is 12.0. The van der Waals surface area contributed by atoms with E-state index in [1.54, 1.807) is 4.90 Å². The van der Waals surface area contributed by atoms with Crippen LogP contribution in [0.2, 0.25) is 0 Å².